The zero-order chi connectivity index (χ0) is 17.1. The minimum atomic E-state index is -0.334. The predicted octanol–water partition coefficient (Wildman–Crippen LogP) is 2.60. The Labute approximate surface area is 142 Å². The van der Waals surface area contributed by atoms with E-state index in [9.17, 15) is 4.79 Å². The van der Waals surface area contributed by atoms with Crippen LogP contribution in [0.25, 0.3) is 0 Å². The second-order valence-electron chi connectivity index (χ2n) is 6.10. The Morgan fingerprint density at radius 2 is 2.00 bits per heavy atom. The SMILES string of the molecule is CC1=C(C(=O)OCC(C)C)[C@H](c2ccc(N)cc2)NC(=S)N1C. The van der Waals surface area contributed by atoms with Crippen molar-refractivity contribution in [2.75, 3.05) is 19.4 Å². The average molecular weight is 333 g/mol. The molecule has 0 amide bonds. The average Bonchev–Trinajstić information content (AvgIpc) is 2.50. The summed E-state index contributed by atoms with van der Waals surface area (Å²) in [4.78, 5) is 14.4. The first kappa shape index (κ1) is 17.3. The van der Waals surface area contributed by atoms with Crippen molar-refractivity contribution in [3.8, 4) is 0 Å². The summed E-state index contributed by atoms with van der Waals surface area (Å²) in [5.41, 5.74) is 8.72. The van der Waals surface area contributed by atoms with E-state index >= 15 is 0 Å². The molecule has 0 bridgehead atoms. The van der Waals surface area contributed by atoms with E-state index in [0.717, 1.165) is 11.3 Å². The van der Waals surface area contributed by atoms with Crippen LogP contribution in [0.2, 0.25) is 0 Å². The third kappa shape index (κ3) is 3.82. The Balaban J connectivity index is 2.39. The van der Waals surface area contributed by atoms with Crippen molar-refractivity contribution in [3.63, 3.8) is 0 Å². The van der Waals surface area contributed by atoms with Crippen molar-refractivity contribution in [2.45, 2.75) is 26.8 Å². The van der Waals surface area contributed by atoms with E-state index in [2.05, 4.69) is 5.32 Å². The first-order chi connectivity index (χ1) is 10.8. The summed E-state index contributed by atoms with van der Waals surface area (Å²) in [7, 11) is 1.83. The second-order valence-corrected chi connectivity index (χ2v) is 6.49. The largest absolute Gasteiger partial charge is 0.462 e. The van der Waals surface area contributed by atoms with E-state index in [-0.39, 0.29) is 17.9 Å². The maximum atomic E-state index is 12.6. The maximum Gasteiger partial charge on any atom is 0.338 e. The van der Waals surface area contributed by atoms with E-state index in [1.165, 1.54) is 0 Å². The molecule has 1 aromatic carbocycles. The van der Waals surface area contributed by atoms with Crippen molar-refractivity contribution in [2.24, 2.45) is 5.92 Å². The normalized spacial score (nSPS) is 18.2. The molecular weight excluding hydrogens is 310 g/mol. The fraction of sp³-hybridized carbons (Fsp3) is 0.412. The minimum absolute atomic E-state index is 0.283. The molecule has 0 saturated heterocycles. The van der Waals surface area contributed by atoms with Crippen LogP contribution in [0.4, 0.5) is 5.69 Å². The molecule has 5 nitrogen and oxygen atoms in total. The van der Waals surface area contributed by atoms with Crippen LogP contribution in [0.1, 0.15) is 32.4 Å². The summed E-state index contributed by atoms with van der Waals surface area (Å²) in [6.45, 7) is 6.28. The molecule has 1 aliphatic rings. The lowest BCUT2D eigenvalue weighted by Crippen LogP contribution is -2.46. The maximum absolute atomic E-state index is 12.6. The minimum Gasteiger partial charge on any atom is -0.462 e. The number of hydrogen-bond acceptors (Lipinski definition) is 4. The number of nitrogens with one attached hydrogen (secondary N) is 1. The number of nitrogens with two attached hydrogens (primary N) is 1. The number of allylic oxidation sites excluding steroid dienone is 1. The predicted molar refractivity (Wildman–Crippen MR) is 95.6 cm³/mol. The van der Waals surface area contributed by atoms with Crippen molar-refractivity contribution in [1.82, 2.24) is 10.2 Å². The molecule has 1 aromatic rings. The number of thiocarbonyl (C=S) groups is 1. The van der Waals surface area contributed by atoms with Gasteiger partial charge in [0.05, 0.1) is 18.2 Å². The lowest BCUT2D eigenvalue weighted by atomic mass is 9.95. The first-order valence-electron chi connectivity index (χ1n) is 7.58. The number of nitrogen functional groups attached to an aromatic ring is 1. The molecule has 0 radical (unpaired) electrons. The van der Waals surface area contributed by atoms with Gasteiger partial charge >= 0.3 is 5.97 Å². The lowest BCUT2D eigenvalue weighted by molar-refractivity contribution is -0.140. The molecule has 0 saturated carbocycles. The Hall–Kier alpha value is -2.08. The van der Waals surface area contributed by atoms with Crippen LogP contribution in [-0.2, 0) is 9.53 Å². The number of carbonyl (C=O) groups is 1. The smallest absolute Gasteiger partial charge is 0.338 e. The molecule has 0 aliphatic carbocycles. The van der Waals surface area contributed by atoms with Gasteiger partial charge in [0.25, 0.3) is 0 Å². The number of hydrogen-bond donors (Lipinski definition) is 2. The standard InChI is InChI=1S/C17H23N3O2S/c1-10(2)9-22-16(21)14-11(3)20(4)17(23)19-15(14)12-5-7-13(18)8-6-12/h5-8,10,15H,9,18H2,1-4H3,(H,19,23)/t15-/m0/s1. The van der Waals surface area contributed by atoms with E-state index in [0.29, 0.717) is 23.0 Å². The van der Waals surface area contributed by atoms with Gasteiger partial charge in [0, 0.05) is 18.4 Å². The molecule has 1 heterocycles. The number of ether oxygens (including phenoxy) is 1. The van der Waals surface area contributed by atoms with E-state index < -0.39 is 0 Å². The summed E-state index contributed by atoms with van der Waals surface area (Å²) in [6.07, 6.45) is 0. The molecule has 23 heavy (non-hydrogen) atoms. The van der Waals surface area contributed by atoms with Crippen molar-refractivity contribution in [3.05, 3.63) is 41.1 Å². The fourth-order valence-electron chi connectivity index (χ4n) is 2.36. The van der Waals surface area contributed by atoms with Gasteiger partial charge in [-0.1, -0.05) is 26.0 Å². The van der Waals surface area contributed by atoms with Crippen LogP contribution in [0.5, 0.6) is 0 Å². The number of nitrogens with zero attached hydrogens (tertiary/aromatic N) is 1. The van der Waals surface area contributed by atoms with Crippen molar-refractivity contribution in [1.29, 1.82) is 0 Å². The Bertz CT molecular complexity index is 638. The lowest BCUT2D eigenvalue weighted by Gasteiger charge is -2.35. The summed E-state index contributed by atoms with van der Waals surface area (Å²) in [6, 6.07) is 7.07. The molecule has 0 fully saturated rings. The summed E-state index contributed by atoms with van der Waals surface area (Å²) < 4.78 is 5.44. The Morgan fingerprint density at radius 1 is 1.39 bits per heavy atom. The van der Waals surface area contributed by atoms with Gasteiger partial charge in [0.1, 0.15) is 0 Å². The molecule has 0 unspecified atom stereocenters. The van der Waals surface area contributed by atoms with Crippen molar-refractivity contribution >= 4 is 29.0 Å². The van der Waals surface area contributed by atoms with Gasteiger partial charge < -0.3 is 20.7 Å². The Kier molecular flexibility index (Phi) is 5.26. The first-order valence-corrected chi connectivity index (χ1v) is 7.99. The number of carbonyl (C=O) groups excluding carboxylic acids is 1. The fourth-order valence-corrected chi connectivity index (χ4v) is 2.61. The highest BCUT2D eigenvalue weighted by atomic mass is 32.1. The highest BCUT2D eigenvalue weighted by molar-refractivity contribution is 7.80. The number of rotatable bonds is 4. The van der Waals surface area contributed by atoms with Gasteiger partial charge in [-0.25, -0.2) is 4.79 Å². The molecule has 3 N–H and O–H groups in total. The number of anilines is 1. The van der Waals surface area contributed by atoms with Crippen LogP contribution >= 0.6 is 12.2 Å². The molecule has 0 aromatic heterocycles. The van der Waals surface area contributed by atoms with Crippen LogP contribution < -0.4 is 11.1 Å². The second kappa shape index (κ2) is 7.00. The van der Waals surface area contributed by atoms with Gasteiger partial charge in [-0.05, 0) is 42.8 Å². The number of benzene rings is 1. The summed E-state index contributed by atoms with van der Waals surface area (Å²) in [5, 5.41) is 3.78. The third-order valence-corrected chi connectivity index (χ3v) is 4.18. The highest BCUT2D eigenvalue weighted by Gasteiger charge is 2.33. The van der Waals surface area contributed by atoms with Gasteiger partial charge in [-0.2, -0.15) is 0 Å². The molecule has 2 rings (SSSR count). The quantitative estimate of drug-likeness (QED) is 0.501. The zero-order valence-electron chi connectivity index (χ0n) is 13.9. The van der Waals surface area contributed by atoms with E-state index in [1.54, 1.807) is 4.90 Å². The molecule has 6 heteroatoms. The molecule has 0 spiro atoms. The van der Waals surface area contributed by atoms with Crippen LogP contribution in [0, 0.1) is 5.92 Å². The van der Waals surface area contributed by atoms with Crippen LogP contribution in [0.3, 0.4) is 0 Å². The summed E-state index contributed by atoms with van der Waals surface area (Å²) >= 11 is 5.36. The zero-order valence-corrected chi connectivity index (χ0v) is 14.7. The summed E-state index contributed by atoms with van der Waals surface area (Å²) in [5.74, 6) is -0.0370. The molecule has 1 atom stereocenters. The Morgan fingerprint density at radius 3 is 2.57 bits per heavy atom. The number of esters is 1. The van der Waals surface area contributed by atoms with Gasteiger partial charge in [0.15, 0.2) is 5.11 Å². The monoisotopic (exact) mass is 333 g/mol. The molecular formula is C17H23N3O2S. The van der Waals surface area contributed by atoms with Gasteiger partial charge in [-0.3, -0.25) is 0 Å². The van der Waals surface area contributed by atoms with Crippen LogP contribution in [0.15, 0.2) is 35.5 Å². The van der Waals surface area contributed by atoms with E-state index in [1.807, 2.05) is 52.1 Å². The van der Waals surface area contributed by atoms with Crippen LogP contribution in [-0.4, -0.2) is 29.6 Å². The third-order valence-electron chi connectivity index (χ3n) is 3.79. The van der Waals surface area contributed by atoms with E-state index in [4.69, 9.17) is 22.7 Å². The van der Waals surface area contributed by atoms with Gasteiger partial charge in [0.2, 0.25) is 0 Å². The van der Waals surface area contributed by atoms with Gasteiger partial charge in [-0.15, -0.1) is 0 Å². The molecule has 124 valence electrons. The highest BCUT2D eigenvalue weighted by Crippen LogP contribution is 2.31. The van der Waals surface area contributed by atoms with Crippen molar-refractivity contribution < 1.29 is 9.53 Å². The topological polar surface area (TPSA) is 67.6 Å². The molecule has 1 aliphatic heterocycles.